The molecule has 1 atom stereocenters. The zero-order valence-electron chi connectivity index (χ0n) is 15.8. The summed E-state index contributed by atoms with van der Waals surface area (Å²) < 4.78 is 5.33. The van der Waals surface area contributed by atoms with Crippen molar-refractivity contribution >= 4 is 23.5 Å². The van der Waals surface area contributed by atoms with Gasteiger partial charge < -0.3 is 19.4 Å². The fourth-order valence-corrected chi connectivity index (χ4v) is 3.45. The van der Waals surface area contributed by atoms with Crippen LogP contribution >= 0.6 is 11.6 Å². The van der Waals surface area contributed by atoms with Gasteiger partial charge in [0.1, 0.15) is 17.4 Å². The number of hydrogen-bond donors (Lipinski definition) is 1. The molecule has 0 radical (unpaired) electrons. The van der Waals surface area contributed by atoms with Crippen molar-refractivity contribution in [2.24, 2.45) is 0 Å². The van der Waals surface area contributed by atoms with Crippen LogP contribution in [0, 0.1) is 0 Å². The summed E-state index contributed by atoms with van der Waals surface area (Å²) in [4.78, 5) is 25.6. The summed E-state index contributed by atoms with van der Waals surface area (Å²) in [5, 5.41) is 14.7. The highest BCUT2D eigenvalue weighted by Gasteiger charge is 2.32. The monoisotopic (exact) mass is 413 g/mol. The first-order chi connectivity index (χ1) is 14.0. The number of nitrogens with zero attached hydrogens (tertiary/aromatic N) is 5. The third-order valence-corrected chi connectivity index (χ3v) is 5.08. The Morgan fingerprint density at radius 1 is 1.14 bits per heavy atom. The average molecular weight is 414 g/mol. The van der Waals surface area contributed by atoms with Crippen LogP contribution < -0.4 is 4.90 Å². The number of carbonyl (C=O) groups excluding carboxylic acids is 1. The van der Waals surface area contributed by atoms with E-state index in [1.165, 1.54) is 0 Å². The molecule has 1 amide bonds. The number of aliphatic hydroxyl groups excluding tert-OH is 1. The molecular weight excluding hydrogens is 394 g/mol. The molecule has 1 aliphatic rings. The molecule has 0 unspecified atom stereocenters. The minimum Gasteiger partial charge on any atom is -0.385 e. The van der Waals surface area contributed by atoms with Gasteiger partial charge in [0.25, 0.3) is 5.91 Å². The second-order valence-electron chi connectivity index (χ2n) is 6.78. The minimum atomic E-state index is -0.957. The number of amides is 1. The van der Waals surface area contributed by atoms with E-state index in [9.17, 15) is 9.90 Å². The molecule has 1 fully saturated rings. The molecule has 0 aliphatic carbocycles. The molecule has 3 aromatic rings. The Morgan fingerprint density at radius 2 is 1.79 bits per heavy atom. The van der Waals surface area contributed by atoms with Crippen molar-refractivity contribution in [2.75, 3.05) is 31.1 Å². The smallest absolute Gasteiger partial charge is 0.259 e. The Balaban J connectivity index is 1.58. The van der Waals surface area contributed by atoms with Gasteiger partial charge in [0.15, 0.2) is 5.76 Å². The van der Waals surface area contributed by atoms with E-state index in [0.29, 0.717) is 48.4 Å². The third-order valence-electron chi connectivity index (χ3n) is 4.83. The molecule has 9 heteroatoms. The molecule has 4 rings (SSSR count). The maximum Gasteiger partial charge on any atom is 0.259 e. The lowest BCUT2D eigenvalue weighted by Crippen LogP contribution is -2.49. The summed E-state index contributed by atoms with van der Waals surface area (Å²) in [6.07, 6.45) is 2.44. The van der Waals surface area contributed by atoms with Crippen molar-refractivity contribution in [3.8, 4) is 11.3 Å². The van der Waals surface area contributed by atoms with Gasteiger partial charge in [0.2, 0.25) is 5.95 Å². The fraction of sp³-hybridized carbons (Fsp3) is 0.300. The molecular formula is C20H20ClN5O3. The van der Waals surface area contributed by atoms with Gasteiger partial charge in [0.05, 0.1) is 0 Å². The van der Waals surface area contributed by atoms with Crippen molar-refractivity contribution in [2.45, 2.75) is 13.0 Å². The van der Waals surface area contributed by atoms with Crippen LogP contribution in [0.5, 0.6) is 0 Å². The van der Waals surface area contributed by atoms with Gasteiger partial charge in [-0.2, -0.15) is 0 Å². The van der Waals surface area contributed by atoms with Gasteiger partial charge in [-0.3, -0.25) is 4.79 Å². The first-order valence-electron chi connectivity index (χ1n) is 9.29. The van der Waals surface area contributed by atoms with E-state index >= 15 is 0 Å². The van der Waals surface area contributed by atoms with Crippen molar-refractivity contribution in [1.29, 1.82) is 0 Å². The highest BCUT2D eigenvalue weighted by molar-refractivity contribution is 6.30. The van der Waals surface area contributed by atoms with Crippen LogP contribution in [0.15, 0.2) is 47.2 Å². The molecule has 2 aromatic heterocycles. The first kappa shape index (κ1) is 19.4. The van der Waals surface area contributed by atoms with Crippen LogP contribution in [0.3, 0.4) is 0 Å². The largest absolute Gasteiger partial charge is 0.385 e. The second kappa shape index (κ2) is 8.18. The highest BCUT2D eigenvalue weighted by atomic mass is 35.5. The van der Waals surface area contributed by atoms with E-state index in [1.54, 1.807) is 54.5 Å². The van der Waals surface area contributed by atoms with Gasteiger partial charge in [-0.05, 0) is 25.1 Å². The number of piperazine rings is 1. The molecule has 0 spiro atoms. The zero-order chi connectivity index (χ0) is 20.4. The van der Waals surface area contributed by atoms with Crippen molar-refractivity contribution < 1.29 is 14.4 Å². The molecule has 0 bridgehead atoms. The Morgan fingerprint density at radius 3 is 2.41 bits per heavy atom. The Hall–Kier alpha value is -2.97. The Labute approximate surface area is 172 Å². The van der Waals surface area contributed by atoms with Gasteiger partial charge in [-0.25, -0.2) is 9.97 Å². The number of carbonyl (C=O) groups is 1. The SMILES string of the molecule is C[C@H](O)c1onc(-c2ccc(Cl)cc2)c1C(=O)N1CCN(c2ncccn2)CC1. The molecule has 1 aliphatic heterocycles. The van der Waals surface area contributed by atoms with E-state index in [4.69, 9.17) is 16.1 Å². The molecule has 0 saturated carbocycles. The van der Waals surface area contributed by atoms with Crippen LogP contribution in [0.1, 0.15) is 29.1 Å². The van der Waals surface area contributed by atoms with Gasteiger partial charge >= 0.3 is 0 Å². The number of anilines is 1. The summed E-state index contributed by atoms with van der Waals surface area (Å²) >= 11 is 5.97. The maximum atomic E-state index is 13.3. The molecule has 1 saturated heterocycles. The van der Waals surface area contributed by atoms with E-state index in [-0.39, 0.29) is 17.2 Å². The van der Waals surface area contributed by atoms with E-state index in [2.05, 4.69) is 15.1 Å². The second-order valence-corrected chi connectivity index (χ2v) is 7.22. The molecule has 29 heavy (non-hydrogen) atoms. The Bertz CT molecular complexity index is 983. The van der Waals surface area contributed by atoms with Gasteiger partial charge in [0, 0.05) is 49.2 Å². The van der Waals surface area contributed by atoms with E-state index < -0.39 is 6.10 Å². The number of halogens is 1. The number of aliphatic hydroxyl groups is 1. The van der Waals surface area contributed by atoms with Crippen molar-refractivity contribution in [1.82, 2.24) is 20.0 Å². The predicted molar refractivity (Wildman–Crippen MR) is 108 cm³/mol. The fourth-order valence-electron chi connectivity index (χ4n) is 3.32. The zero-order valence-corrected chi connectivity index (χ0v) is 16.6. The topological polar surface area (TPSA) is 95.6 Å². The quantitative estimate of drug-likeness (QED) is 0.702. The van der Waals surface area contributed by atoms with Gasteiger partial charge in [-0.15, -0.1) is 0 Å². The number of aromatic nitrogens is 3. The van der Waals surface area contributed by atoms with Crippen LogP contribution in [0.2, 0.25) is 5.02 Å². The summed E-state index contributed by atoms with van der Waals surface area (Å²) in [6.45, 7) is 3.78. The maximum absolute atomic E-state index is 13.3. The average Bonchev–Trinajstić information content (AvgIpc) is 3.20. The first-order valence-corrected chi connectivity index (χ1v) is 9.67. The predicted octanol–water partition coefficient (Wildman–Crippen LogP) is 2.80. The molecule has 150 valence electrons. The molecule has 3 heterocycles. The molecule has 1 aromatic carbocycles. The van der Waals surface area contributed by atoms with Gasteiger partial charge in [-0.1, -0.05) is 28.9 Å². The highest BCUT2D eigenvalue weighted by Crippen LogP contribution is 2.31. The number of benzene rings is 1. The summed E-state index contributed by atoms with van der Waals surface area (Å²) in [6, 6.07) is 8.76. The van der Waals surface area contributed by atoms with Crippen LogP contribution in [-0.4, -0.2) is 57.2 Å². The van der Waals surface area contributed by atoms with Crippen LogP contribution in [-0.2, 0) is 0 Å². The summed E-state index contributed by atoms with van der Waals surface area (Å²) in [5.41, 5.74) is 1.38. The summed E-state index contributed by atoms with van der Waals surface area (Å²) in [7, 11) is 0. The normalized spacial score (nSPS) is 15.4. The third kappa shape index (κ3) is 3.94. The Kier molecular flexibility index (Phi) is 5.46. The molecule has 1 N–H and O–H groups in total. The summed E-state index contributed by atoms with van der Waals surface area (Å²) in [5.74, 6) is 0.589. The lowest BCUT2D eigenvalue weighted by atomic mass is 10.0. The standard InChI is InChI=1S/C20H20ClN5O3/c1-13(27)18-16(17(24-29-18)14-3-5-15(21)6-4-14)19(28)25-9-11-26(12-10-25)20-22-7-2-8-23-20/h2-8,13,27H,9-12H2,1H3/t13-/m0/s1. The lowest BCUT2D eigenvalue weighted by molar-refractivity contribution is 0.0735. The van der Waals surface area contributed by atoms with Crippen LogP contribution in [0.25, 0.3) is 11.3 Å². The molecule has 8 nitrogen and oxygen atoms in total. The number of hydrogen-bond acceptors (Lipinski definition) is 7. The van der Waals surface area contributed by atoms with Crippen LogP contribution in [0.4, 0.5) is 5.95 Å². The van der Waals surface area contributed by atoms with Crippen molar-refractivity contribution in [3.63, 3.8) is 0 Å². The lowest BCUT2D eigenvalue weighted by Gasteiger charge is -2.34. The minimum absolute atomic E-state index is 0.161. The van der Waals surface area contributed by atoms with E-state index in [0.717, 1.165) is 0 Å². The number of rotatable bonds is 4. The van der Waals surface area contributed by atoms with Crippen molar-refractivity contribution in [3.05, 3.63) is 59.1 Å². The van der Waals surface area contributed by atoms with E-state index in [1.807, 2.05) is 4.90 Å².